The van der Waals surface area contributed by atoms with Crippen LogP contribution in [0, 0.1) is 5.92 Å². The lowest BCUT2D eigenvalue weighted by atomic mass is 10.0. The minimum atomic E-state index is -0.0216. The van der Waals surface area contributed by atoms with Crippen molar-refractivity contribution < 1.29 is 0 Å². The zero-order chi connectivity index (χ0) is 16.4. The number of hydrogen-bond donors (Lipinski definition) is 1. The van der Waals surface area contributed by atoms with Crippen LogP contribution in [0.15, 0.2) is 42.7 Å². The normalized spacial score (nSPS) is 12.9. The largest absolute Gasteiger partial charge is 0.327 e. The van der Waals surface area contributed by atoms with Crippen LogP contribution in [-0.4, -0.2) is 14.5 Å². The average molecular weight is 308 g/mol. The lowest BCUT2D eigenvalue weighted by molar-refractivity contribution is 0.479. The molecule has 23 heavy (non-hydrogen) atoms. The molecule has 0 aliphatic rings. The molecule has 1 aromatic carbocycles. The van der Waals surface area contributed by atoms with E-state index in [-0.39, 0.29) is 6.04 Å². The van der Waals surface area contributed by atoms with Gasteiger partial charge in [0, 0.05) is 18.9 Å². The summed E-state index contributed by atoms with van der Waals surface area (Å²) in [4.78, 5) is 8.88. The zero-order valence-electron chi connectivity index (χ0n) is 14.0. The molecule has 0 radical (unpaired) electrons. The first-order chi connectivity index (χ1) is 11.1. The Morgan fingerprint density at radius 1 is 1.09 bits per heavy atom. The minimum Gasteiger partial charge on any atom is -0.327 e. The summed E-state index contributed by atoms with van der Waals surface area (Å²) >= 11 is 0. The molecular weight excluding hydrogens is 284 g/mol. The van der Waals surface area contributed by atoms with E-state index in [9.17, 15) is 0 Å². The summed E-state index contributed by atoms with van der Waals surface area (Å²) < 4.78 is 2.24. The smallest absolute Gasteiger partial charge is 0.126 e. The van der Waals surface area contributed by atoms with Crippen molar-refractivity contribution in [1.82, 2.24) is 14.5 Å². The molecule has 0 saturated heterocycles. The van der Waals surface area contributed by atoms with Crippen molar-refractivity contribution in [2.75, 3.05) is 0 Å². The number of fused-ring (bicyclic) bond motifs is 1. The molecule has 2 heterocycles. The second-order valence-electron chi connectivity index (χ2n) is 6.39. The topological polar surface area (TPSA) is 56.7 Å². The van der Waals surface area contributed by atoms with Crippen LogP contribution >= 0.6 is 0 Å². The predicted molar refractivity (Wildman–Crippen MR) is 95.0 cm³/mol. The molecule has 120 valence electrons. The maximum Gasteiger partial charge on any atom is 0.126 e. The molecule has 3 aromatic rings. The third kappa shape index (κ3) is 3.13. The van der Waals surface area contributed by atoms with Gasteiger partial charge in [-0.25, -0.2) is 4.98 Å². The Kier molecular flexibility index (Phi) is 4.44. The van der Waals surface area contributed by atoms with E-state index < -0.39 is 0 Å². The van der Waals surface area contributed by atoms with Crippen LogP contribution in [-0.2, 0) is 6.54 Å². The summed E-state index contributed by atoms with van der Waals surface area (Å²) in [6.07, 6.45) is 4.59. The standard InChI is InChI=1S/C19H24N4/c1-4-23-18-12-15(14-7-9-21-10-8-14)5-6-17(18)22-19(23)16(20)11-13(2)3/h5-10,12-13,16H,4,11,20H2,1-3H3. The molecule has 0 fully saturated rings. The monoisotopic (exact) mass is 308 g/mol. The van der Waals surface area contributed by atoms with Crippen LogP contribution in [0.3, 0.4) is 0 Å². The van der Waals surface area contributed by atoms with Gasteiger partial charge >= 0.3 is 0 Å². The lowest BCUT2D eigenvalue weighted by Crippen LogP contribution is -2.18. The fourth-order valence-electron chi connectivity index (χ4n) is 3.09. The molecule has 0 aliphatic heterocycles. The third-order valence-corrected chi connectivity index (χ3v) is 4.16. The molecule has 1 unspecified atom stereocenters. The number of aromatic nitrogens is 3. The Bertz CT molecular complexity index is 790. The van der Waals surface area contributed by atoms with Gasteiger partial charge in [-0.15, -0.1) is 0 Å². The molecule has 4 nitrogen and oxygen atoms in total. The first kappa shape index (κ1) is 15.7. The molecule has 2 aromatic heterocycles. The fourth-order valence-corrected chi connectivity index (χ4v) is 3.09. The summed E-state index contributed by atoms with van der Waals surface area (Å²) in [5.41, 5.74) is 10.9. The van der Waals surface area contributed by atoms with Crippen molar-refractivity contribution in [2.45, 2.75) is 39.8 Å². The molecule has 0 saturated carbocycles. The molecule has 0 bridgehead atoms. The van der Waals surface area contributed by atoms with E-state index in [4.69, 9.17) is 10.7 Å². The van der Waals surface area contributed by atoms with Crippen LogP contribution in [0.5, 0.6) is 0 Å². The lowest BCUT2D eigenvalue weighted by Gasteiger charge is -2.15. The van der Waals surface area contributed by atoms with E-state index in [2.05, 4.69) is 48.5 Å². The van der Waals surface area contributed by atoms with E-state index in [1.165, 1.54) is 11.1 Å². The first-order valence-electron chi connectivity index (χ1n) is 8.26. The Hall–Kier alpha value is -2.20. The van der Waals surface area contributed by atoms with Gasteiger partial charge in [-0.1, -0.05) is 19.9 Å². The SMILES string of the molecule is CCn1c(C(N)CC(C)C)nc2ccc(-c3ccncc3)cc21. The van der Waals surface area contributed by atoms with Crippen molar-refractivity contribution in [3.05, 3.63) is 48.5 Å². The second kappa shape index (κ2) is 6.50. The van der Waals surface area contributed by atoms with Gasteiger partial charge in [-0.2, -0.15) is 0 Å². The predicted octanol–water partition coefficient (Wildman–Crippen LogP) is 4.16. The second-order valence-corrected chi connectivity index (χ2v) is 6.39. The number of nitrogens with zero attached hydrogens (tertiary/aromatic N) is 3. The molecule has 1 atom stereocenters. The Morgan fingerprint density at radius 2 is 1.83 bits per heavy atom. The van der Waals surface area contributed by atoms with Crippen molar-refractivity contribution in [2.24, 2.45) is 11.7 Å². The number of aryl methyl sites for hydroxylation is 1. The van der Waals surface area contributed by atoms with E-state index in [0.29, 0.717) is 5.92 Å². The first-order valence-corrected chi connectivity index (χ1v) is 8.26. The molecule has 2 N–H and O–H groups in total. The number of imidazole rings is 1. The quantitative estimate of drug-likeness (QED) is 0.770. The summed E-state index contributed by atoms with van der Waals surface area (Å²) in [5.74, 6) is 1.55. The van der Waals surface area contributed by atoms with Gasteiger partial charge in [0.15, 0.2) is 0 Å². The highest BCUT2D eigenvalue weighted by Crippen LogP contribution is 2.27. The highest BCUT2D eigenvalue weighted by atomic mass is 15.1. The van der Waals surface area contributed by atoms with Gasteiger partial charge in [0.2, 0.25) is 0 Å². The van der Waals surface area contributed by atoms with E-state index in [1.807, 2.05) is 24.5 Å². The van der Waals surface area contributed by atoms with E-state index in [1.54, 1.807) is 0 Å². The summed E-state index contributed by atoms with van der Waals surface area (Å²) in [5, 5.41) is 0. The summed E-state index contributed by atoms with van der Waals surface area (Å²) in [7, 11) is 0. The molecular formula is C19H24N4. The summed E-state index contributed by atoms with van der Waals surface area (Å²) in [6.45, 7) is 7.41. The zero-order valence-corrected chi connectivity index (χ0v) is 14.0. The van der Waals surface area contributed by atoms with Crippen LogP contribution in [0.2, 0.25) is 0 Å². The minimum absolute atomic E-state index is 0.0216. The van der Waals surface area contributed by atoms with E-state index in [0.717, 1.165) is 29.8 Å². The molecule has 3 rings (SSSR count). The van der Waals surface area contributed by atoms with Crippen molar-refractivity contribution in [3.8, 4) is 11.1 Å². The van der Waals surface area contributed by atoms with Gasteiger partial charge in [-0.05, 0) is 54.7 Å². The average Bonchev–Trinajstić information content (AvgIpc) is 2.92. The highest BCUT2D eigenvalue weighted by Gasteiger charge is 2.17. The number of hydrogen-bond acceptors (Lipinski definition) is 3. The fraction of sp³-hybridized carbons (Fsp3) is 0.368. The number of rotatable bonds is 5. The Morgan fingerprint density at radius 3 is 2.48 bits per heavy atom. The number of nitrogens with two attached hydrogens (primary N) is 1. The third-order valence-electron chi connectivity index (χ3n) is 4.16. The van der Waals surface area contributed by atoms with Crippen LogP contribution < -0.4 is 5.73 Å². The molecule has 0 aliphatic carbocycles. The Balaban J connectivity index is 2.08. The number of pyridine rings is 1. The van der Waals surface area contributed by atoms with E-state index >= 15 is 0 Å². The van der Waals surface area contributed by atoms with Gasteiger partial charge < -0.3 is 10.3 Å². The van der Waals surface area contributed by atoms with Crippen molar-refractivity contribution >= 4 is 11.0 Å². The van der Waals surface area contributed by atoms with Crippen LogP contribution in [0.1, 0.15) is 39.1 Å². The Labute approximate surface area is 137 Å². The molecule has 0 amide bonds. The highest BCUT2D eigenvalue weighted by molar-refractivity contribution is 5.82. The van der Waals surface area contributed by atoms with Gasteiger partial charge in [0.05, 0.1) is 17.1 Å². The molecule has 4 heteroatoms. The maximum absolute atomic E-state index is 6.39. The van der Waals surface area contributed by atoms with Crippen molar-refractivity contribution in [1.29, 1.82) is 0 Å². The molecule has 0 spiro atoms. The van der Waals surface area contributed by atoms with Gasteiger partial charge in [-0.3, -0.25) is 4.98 Å². The maximum atomic E-state index is 6.39. The van der Waals surface area contributed by atoms with Crippen LogP contribution in [0.25, 0.3) is 22.2 Å². The van der Waals surface area contributed by atoms with Crippen molar-refractivity contribution in [3.63, 3.8) is 0 Å². The van der Waals surface area contributed by atoms with Gasteiger partial charge in [0.25, 0.3) is 0 Å². The van der Waals surface area contributed by atoms with Gasteiger partial charge in [0.1, 0.15) is 5.82 Å². The number of benzene rings is 1. The van der Waals surface area contributed by atoms with Crippen LogP contribution in [0.4, 0.5) is 0 Å². The summed E-state index contributed by atoms with van der Waals surface area (Å²) in [6, 6.07) is 10.4.